The van der Waals surface area contributed by atoms with Gasteiger partial charge in [-0.05, 0) is 38.9 Å². The van der Waals surface area contributed by atoms with Gasteiger partial charge in [-0.3, -0.25) is 0 Å². The number of carbonyl (C=O) groups is 1. The Labute approximate surface area is 108 Å². The quantitative estimate of drug-likeness (QED) is 0.860. The van der Waals surface area contributed by atoms with Gasteiger partial charge < -0.3 is 15.5 Å². The Kier molecular flexibility index (Phi) is 3.87. The minimum Gasteiger partial charge on any atom is -0.318 e. The van der Waals surface area contributed by atoms with Crippen molar-refractivity contribution < 1.29 is 4.79 Å². The minimum atomic E-state index is -0.0758. The number of nitrogens with one attached hydrogen (secondary N) is 2. The van der Waals surface area contributed by atoms with E-state index in [1.807, 2.05) is 42.3 Å². The summed E-state index contributed by atoms with van der Waals surface area (Å²) in [5, 5.41) is 6.13. The summed E-state index contributed by atoms with van der Waals surface area (Å²) in [6, 6.07) is 9.60. The molecule has 1 saturated heterocycles. The zero-order valence-corrected chi connectivity index (χ0v) is 11.1. The van der Waals surface area contributed by atoms with Crippen molar-refractivity contribution in [2.75, 3.05) is 25.5 Å². The van der Waals surface area contributed by atoms with Crippen molar-refractivity contribution in [2.45, 2.75) is 25.3 Å². The maximum Gasteiger partial charge on any atom is 0.322 e. The highest BCUT2D eigenvalue weighted by atomic mass is 16.2. The van der Waals surface area contributed by atoms with Crippen LogP contribution in [0.2, 0.25) is 0 Å². The van der Waals surface area contributed by atoms with Gasteiger partial charge in [0.1, 0.15) is 0 Å². The number of amides is 2. The number of carbonyl (C=O) groups excluding carboxylic acids is 1. The molecule has 1 fully saturated rings. The lowest BCUT2D eigenvalue weighted by Crippen LogP contribution is -2.52. The molecule has 1 aliphatic rings. The van der Waals surface area contributed by atoms with Crippen molar-refractivity contribution in [2.24, 2.45) is 0 Å². The zero-order valence-electron chi connectivity index (χ0n) is 11.1. The molecule has 1 aromatic carbocycles. The van der Waals surface area contributed by atoms with Gasteiger partial charge >= 0.3 is 6.03 Å². The lowest BCUT2D eigenvalue weighted by molar-refractivity contribution is 0.167. The van der Waals surface area contributed by atoms with Gasteiger partial charge in [0.15, 0.2) is 0 Å². The van der Waals surface area contributed by atoms with Crippen LogP contribution in [0, 0.1) is 0 Å². The Bertz CT molecular complexity index is 407. The van der Waals surface area contributed by atoms with Crippen molar-refractivity contribution in [1.82, 2.24) is 10.2 Å². The summed E-state index contributed by atoms with van der Waals surface area (Å²) in [5.41, 5.74) is 0.773. The van der Waals surface area contributed by atoms with Gasteiger partial charge in [0.25, 0.3) is 0 Å². The second-order valence-electron chi connectivity index (χ2n) is 5.08. The average Bonchev–Trinajstić information content (AvgIpc) is 2.73. The Morgan fingerprint density at radius 2 is 2.11 bits per heavy atom. The SMILES string of the molecule is CNCC1(C)CCCN1C(=O)Nc1ccccc1. The van der Waals surface area contributed by atoms with Crippen LogP contribution in [-0.4, -0.2) is 36.6 Å². The fourth-order valence-corrected chi connectivity index (χ4v) is 2.65. The minimum absolute atomic E-state index is 0.00329. The topological polar surface area (TPSA) is 44.4 Å². The molecule has 1 heterocycles. The Balaban J connectivity index is 2.04. The van der Waals surface area contributed by atoms with Crippen LogP contribution in [0.15, 0.2) is 30.3 Å². The van der Waals surface area contributed by atoms with Crippen LogP contribution in [0.4, 0.5) is 10.5 Å². The third-order valence-electron chi connectivity index (χ3n) is 3.58. The smallest absolute Gasteiger partial charge is 0.318 e. The monoisotopic (exact) mass is 247 g/mol. The number of para-hydroxylation sites is 1. The molecule has 1 aliphatic heterocycles. The molecule has 0 aromatic heterocycles. The lowest BCUT2D eigenvalue weighted by Gasteiger charge is -2.35. The normalized spacial score (nSPS) is 23.1. The summed E-state index contributed by atoms with van der Waals surface area (Å²) >= 11 is 0. The number of benzene rings is 1. The van der Waals surface area contributed by atoms with Gasteiger partial charge in [0.2, 0.25) is 0 Å². The highest BCUT2D eigenvalue weighted by Crippen LogP contribution is 2.28. The van der Waals surface area contributed by atoms with Crippen molar-refractivity contribution in [3.05, 3.63) is 30.3 Å². The molecule has 2 N–H and O–H groups in total. The van der Waals surface area contributed by atoms with Crippen LogP contribution in [-0.2, 0) is 0 Å². The van der Waals surface area contributed by atoms with Crippen molar-refractivity contribution in [3.8, 4) is 0 Å². The highest BCUT2D eigenvalue weighted by molar-refractivity contribution is 5.90. The molecular weight excluding hydrogens is 226 g/mol. The fraction of sp³-hybridized carbons (Fsp3) is 0.500. The molecule has 2 amide bonds. The number of rotatable bonds is 3. The standard InChI is InChI=1S/C14H21N3O/c1-14(11-15-2)9-6-10-17(14)13(18)16-12-7-4-3-5-8-12/h3-5,7-8,15H,6,9-11H2,1-2H3,(H,16,18). The second kappa shape index (κ2) is 5.40. The Morgan fingerprint density at radius 1 is 1.39 bits per heavy atom. The van der Waals surface area contributed by atoms with Crippen LogP contribution in [0.1, 0.15) is 19.8 Å². The van der Waals surface area contributed by atoms with E-state index < -0.39 is 0 Å². The predicted molar refractivity (Wildman–Crippen MR) is 73.7 cm³/mol. The third kappa shape index (κ3) is 2.64. The second-order valence-corrected chi connectivity index (χ2v) is 5.08. The molecule has 0 radical (unpaired) electrons. The van der Waals surface area contributed by atoms with Crippen molar-refractivity contribution >= 4 is 11.7 Å². The van der Waals surface area contributed by atoms with E-state index in [4.69, 9.17) is 0 Å². The molecule has 0 saturated carbocycles. The molecule has 98 valence electrons. The van der Waals surface area contributed by atoms with E-state index in [0.717, 1.165) is 31.6 Å². The van der Waals surface area contributed by atoms with Crippen LogP contribution in [0.25, 0.3) is 0 Å². The van der Waals surface area contributed by atoms with E-state index in [2.05, 4.69) is 17.6 Å². The molecule has 0 aliphatic carbocycles. The summed E-state index contributed by atoms with van der Waals surface area (Å²) in [4.78, 5) is 14.2. The lowest BCUT2D eigenvalue weighted by atomic mass is 9.99. The van der Waals surface area contributed by atoms with E-state index in [-0.39, 0.29) is 11.6 Å². The first kappa shape index (κ1) is 12.9. The number of anilines is 1. The van der Waals surface area contributed by atoms with E-state index in [1.165, 1.54) is 0 Å². The molecule has 4 nitrogen and oxygen atoms in total. The van der Waals surface area contributed by atoms with Crippen LogP contribution in [0.5, 0.6) is 0 Å². The number of likely N-dealkylation sites (tertiary alicyclic amines) is 1. The van der Waals surface area contributed by atoms with E-state index >= 15 is 0 Å². The number of hydrogen-bond acceptors (Lipinski definition) is 2. The Hall–Kier alpha value is -1.55. The van der Waals surface area contributed by atoms with Crippen LogP contribution < -0.4 is 10.6 Å². The van der Waals surface area contributed by atoms with Gasteiger partial charge in [0, 0.05) is 18.8 Å². The maximum absolute atomic E-state index is 12.3. The van der Waals surface area contributed by atoms with Crippen LogP contribution in [0.3, 0.4) is 0 Å². The average molecular weight is 247 g/mol. The highest BCUT2D eigenvalue weighted by Gasteiger charge is 2.38. The number of likely N-dealkylation sites (N-methyl/N-ethyl adjacent to an activating group) is 1. The fourth-order valence-electron chi connectivity index (χ4n) is 2.65. The molecule has 0 bridgehead atoms. The molecule has 2 rings (SSSR count). The summed E-state index contributed by atoms with van der Waals surface area (Å²) in [7, 11) is 1.93. The maximum atomic E-state index is 12.3. The molecule has 1 aromatic rings. The van der Waals surface area contributed by atoms with E-state index in [9.17, 15) is 4.79 Å². The predicted octanol–water partition coefficient (Wildman–Crippen LogP) is 2.29. The summed E-state index contributed by atoms with van der Waals surface area (Å²) in [6.07, 6.45) is 2.12. The third-order valence-corrected chi connectivity index (χ3v) is 3.58. The Morgan fingerprint density at radius 3 is 2.78 bits per heavy atom. The van der Waals surface area contributed by atoms with Crippen molar-refractivity contribution in [1.29, 1.82) is 0 Å². The van der Waals surface area contributed by atoms with Crippen LogP contribution >= 0.6 is 0 Å². The van der Waals surface area contributed by atoms with E-state index in [0.29, 0.717) is 0 Å². The van der Waals surface area contributed by atoms with Gasteiger partial charge in [-0.15, -0.1) is 0 Å². The molecule has 0 spiro atoms. The van der Waals surface area contributed by atoms with E-state index in [1.54, 1.807) is 0 Å². The first-order valence-corrected chi connectivity index (χ1v) is 6.44. The first-order chi connectivity index (χ1) is 8.65. The zero-order chi connectivity index (χ0) is 13.0. The van der Waals surface area contributed by atoms with Gasteiger partial charge in [0.05, 0.1) is 5.54 Å². The molecule has 1 unspecified atom stereocenters. The van der Waals surface area contributed by atoms with Crippen molar-refractivity contribution in [3.63, 3.8) is 0 Å². The molecule has 18 heavy (non-hydrogen) atoms. The summed E-state index contributed by atoms with van der Waals surface area (Å²) in [5.74, 6) is 0. The largest absolute Gasteiger partial charge is 0.322 e. The number of hydrogen-bond donors (Lipinski definition) is 2. The molecular formula is C14H21N3O. The van der Waals surface area contributed by atoms with Gasteiger partial charge in [-0.2, -0.15) is 0 Å². The number of urea groups is 1. The summed E-state index contributed by atoms with van der Waals surface area (Å²) < 4.78 is 0. The summed E-state index contributed by atoms with van der Waals surface area (Å²) in [6.45, 7) is 3.80. The molecule has 4 heteroatoms. The molecule has 1 atom stereocenters. The van der Waals surface area contributed by atoms with Gasteiger partial charge in [-0.25, -0.2) is 4.79 Å². The van der Waals surface area contributed by atoms with Gasteiger partial charge in [-0.1, -0.05) is 18.2 Å². The first-order valence-electron chi connectivity index (χ1n) is 6.44. The number of nitrogens with zero attached hydrogens (tertiary/aromatic N) is 1.